The minimum atomic E-state index is -0.345. The monoisotopic (exact) mass is 283 g/mol. The quantitative estimate of drug-likeness (QED) is 0.873. The SMILES string of the molecule is CNCc1cc(Cl)ccc1-c1cc(F)cc(Cl)c1. The van der Waals surface area contributed by atoms with Crippen LogP contribution in [0.1, 0.15) is 5.56 Å². The summed E-state index contributed by atoms with van der Waals surface area (Å²) < 4.78 is 13.4. The maximum Gasteiger partial charge on any atom is 0.125 e. The second-order valence-corrected chi connectivity index (χ2v) is 4.86. The Kier molecular flexibility index (Phi) is 4.23. The van der Waals surface area contributed by atoms with Gasteiger partial charge in [0.15, 0.2) is 0 Å². The predicted molar refractivity (Wildman–Crippen MR) is 74.6 cm³/mol. The van der Waals surface area contributed by atoms with Crippen LogP contribution in [0.15, 0.2) is 36.4 Å². The van der Waals surface area contributed by atoms with Gasteiger partial charge in [-0.3, -0.25) is 0 Å². The van der Waals surface area contributed by atoms with Crippen LogP contribution in [0.2, 0.25) is 10.0 Å². The van der Waals surface area contributed by atoms with E-state index in [2.05, 4.69) is 5.32 Å². The van der Waals surface area contributed by atoms with E-state index in [0.717, 1.165) is 16.7 Å². The first-order valence-electron chi connectivity index (χ1n) is 5.49. The lowest BCUT2D eigenvalue weighted by Gasteiger charge is -2.10. The molecular formula is C14H12Cl2FN. The molecule has 18 heavy (non-hydrogen) atoms. The summed E-state index contributed by atoms with van der Waals surface area (Å²) in [7, 11) is 1.85. The van der Waals surface area contributed by atoms with Gasteiger partial charge in [-0.25, -0.2) is 4.39 Å². The molecule has 0 aliphatic rings. The van der Waals surface area contributed by atoms with Crippen molar-refractivity contribution >= 4 is 23.2 Å². The molecule has 0 aromatic heterocycles. The van der Waals surface area contributed by atoms with Crippen LogP contribution >= 0.6 is 23.2 Å². The van der Waals surface area contributed by atoms with Gasteiger partial charge in [-0.2, -0.15) is 0 Å². The van der Waals surface area contributed by atoms with Gasteiger partial charge >= 0.3 is 0 Å². The molecule has 0 aliphatic heterocycles. The van der Waals surface area contributed by atoms with Gasteiger partial charge in [0.2, 0.25) is 0 Å². The Morgan fingerprint density at radius 3 is 2.50 bits per heavy atom. The second kappa shape index (κ2) is 5.70. The molecule has 2 aromatic carbocycles. The van der Waals surface area contributed by atoms with Gasteiger partial charge in [-0.05, 0) is 54.1 Å². The lowest BCUT2D eigenvalue weighted by molar-refractivity contribution is 0.628. The Morgan fingerprint density at radius 1 is 1.06 bits per heavy atom. The topological polar surface area (TPSA) is 12.0 Å². The Hall–Kier alpha value is -1.09. The average Bonchev–Trinajstić information content (AvgIpc) is 2.28. The highest BCUT2D eigenvalue weighted by Crippen LogP contribution is 2.29. The first kappa shape index (κ1) is 13.3. The van der Waals surface area contributed by atoms with Crippen LogP contribution in [0.3, 0.4) is 0 Å². The zero-order valence-corrected chi connectivity index (χ0v) is 11.3. The van der Waals surface area contributed by atoms with E-state index in [1.54, 1.807) is 12.1 Å². The lowest BCUT2D eigenvalue weighted by atomic mass is 9.99. The van der Waals surface area contributed by atoms with E-state index in [1.165, 1.54) is 12.1 Å². The van der Waals surface area contributed by atoms with Crippen LogP contribution in [0.25, 0.3) is 11.1 Å². The molecule has 0 unspecified atom stereocenters. The number of benzene rings is 2. The van der Waals surface area contributed by atoms with Gasteiger partial charge in [0, 0.05) is 16.6 Å². The molecule has 0 saturated heterocycles. The number of rotatable bonds is 3. The molecule has 0 bridgehead atoms. The predicted octanol–water partition coefficient (Wildman–Crippen LogP) is 4.52. The third-order valence-electron chi connectivity index (χ3n) is 2.61. The molecule has 0 radical (unpaired) electrons. The lowest BCUT2D eigenvalue weighted by Crippen LogP contribution is -2.06. The molecule has 0 saturated carbocycles. The molecule has 0 heterocycles. The highest BCUT2D eigenvalue weighted by atomic mass is 35.5. The van der Waals surface area contributed by atoms with Crippen molar-refractivity contribution in [2.24, 2.45) is 0 Å². The molecule has 2 aromatic rings. The standard InChI is InChI=1S/C14H12Cl2FN/c1-18-8-10-5-11(15)2-3-14(10)9-4-12(16)7-13(17)6-9/h2-7,18H,8H2,1H3. The van der Waals surface area contributed by atoms with Crippen molar-refractivity contribution in [2.45, 2.75) is 6.54 Å². The van der Waals surface area contributed by atoms with Gasteiger partial charge in [0.1, 0.15) is 5.82 Å². The molecule has 1 N–H and O–H groups in total. The van der Waals surface area contributed by atoms with E-state index in [-0.39, 0.29) is 5.82 Å². The van der Waals surface area contributed by atoms with Gasteiger partial charge in [-0.1, -0.05) is 29.3 Å². The van der Waals surface area contributed by atoms with Crippen molar-refractivity contribution in [1.29, 1.82) is 0 Å². The van der Waals surface area contributed by atoms with Gasteiger partial charge in [0.05, 0.1) is 0 Å². The molecule has 94 valence electrons. The molecule has 0 fully saturated rings. The highest BCUT2D eigenvalue weighted by Gasteiger charge is 2.08. The first-order valence-corrected chi connectivity index (χ1v) is 6.25. The Balaban J connectivity index is 2.55. The third kappa shape index (κ3) is 3.02. The number of nitrogens with one attached hydrogen (secondary N) is 1. The summed E-state index contributed by atoms with van der Waals surface area (Å²) in [6.07, 6.45) is 0. The van der Waals surface area contributed by atoms with Crippen molar-refractivity contribution in [1.82, 2.24) is 5.32 Å². The molecule has 4 heteroatoms. The minimum absolute atomic E-state index is 0.345. The van der Waals surface area contributed by atoms with Crippen LogP contribution < -0.4 is 5.32 Å². The summed E-state index contributed by atoms with van der Waals surface area (Å²) in [5.41, 5.74) is 2.68. The third-order valence-corrected chi connectivity index (χ3v) is 3.06. The number of halogens is 3. The summed E-state index contributed by atoms with van der Waals surface area (Å²) in [5.74, 6) is -0.345. The Labute approximate surface area is 116 Å². The van der Waals surface area contributed by atoms with Crippen molar-refractivity contribution in [2.75, 3.05) is 7.05 Å². The smallest absolute Gasteiger partial charge is 0.125 e. The Bertz CT molecular complexity index is 549. The van der Waals surface area contributed by atoms with Crippen LogP contribution in [0.5, 0.6) is 0 Å². The van der Waals surface area contributed by atoms with Crippen molar-refractivity contribution in [3.8, 4) is 11.1 Å². The minimum Gasteiger partial charge on any atom is -0.316 e. The fraction of sp³-hybridized carbons (Fsp3) is 0.143. The molecular weight excluding hydrogens is 272 g/mol. The zero-order chi connectivity index (χ0) is 13.1. The van der Waals surface area contributed by atoms with Crippen LogP contribution in [0.4, 0.5) is 4.39 Å². The fourth-order valence-electron chi connectivity index (χ4n) is 1.89. The number of hydrogen-bond donors (Lipinski definition) is 1. The summed E-state index contributed by atoms with van der Waals surface area (Å²) >= 11 is 11.9. The van der Waals surface area contributed by atoms with Crippen LogP contribution in [-0.4, -0.2) is 7.05 Å². The van der Waals surface area contributed by atoms with E-state index < -0.39 is 0 Å². The molecule has 0 aliphatic carbocycles. The number of hydrogen-bond acceptors (Lipinski definition) is 1. The average molecular weight is 284 g/mol. The Morgan fingerprint density at radius 2 is 1.83 bits per heavy atom. The van der Waals surface area contributed by atoms with Crippen molar-refractivity contribution < 1.29 is 4.39 Å². The van der Waals surface area contributed by atoms with Gasteiger partial charge in [0.25, 0.3) is 0 Å². The van der Waals surface area contributed by atoms with Gasteiger partial charge < -0.3 is 5.32 Å². The highest BCUT2D eigenvalue weighted by molar-refractivity contribution is 6.31. The molecule has 0 amide bonds. The maximum atomic E-state index is 13.4. The molecule has 0 spiro atoms. The largest absolute Gasteiger partial charge is 0.316 e. The van der Waals surface area contributed by atoms with E-state index in [0.29, 0.717) is 16.6 Å². The summed E-state index contributed by atoms with van der Waals surface area (Å²) in [6, 6.07) is 10.0. The van der Waals surface area contributed by atoms with E-state index in [9.17, 15) is 4.39 Å². The molecule has 1 nitrogen and oxygen atoms in total. The van der Waals surface area contributed by atoms with Gasteiger partial charge in [-0.15, -0.1) is 0 Å². The van der Waals surface area contributed by atoms with Crippen LogP contribution in [0, 0.1) is 5.82 Å². The summed E-state index contributed by atoms with van der Waals surface area (Å²) in [4.78, 5) is 0. The molecule has 0 atom stereocenters. The van der Waals surface area contributed by atoms with Crippen molar-refractivity contribution in [3.63, 3.8) is 0 Å². The summed E-state index contributed by atoms with van der Waals surface area (Å²) in [5, 5.41) is 4.11. The van der Waals surface area contributed by atoms with Crippen molar-refractivity contribution in [3.05, 3.63) is 57.8 Å². The van der Waals surface area contributed by atoms with E-state index in [4.69, 9.17) is 23.2 Å². The maximum absolute atomic E-state index is 13.4. The zero-order valence-electron chi connectivity index (χ0n) is 9.81. The first-order chi connectivity index (χ1) is 8.60. The molecule has 2 rings (SSSR count). The fourth-order valence-corrected chi connectivity index (χ4v) is 2.31. The van der Waals surface area contributed by atoms with E-state index in [1.807, 2.05) is 19.2 Å². The van der Waals surface area contributed by atoms with Crippen LogP contribution in [-0.2, 0) is 6.54 Å². The van der Waals surface area contributed by atoms with E-state index >= 15 is 0 Å². The second-order valence-electron chi connectivity index (χ2n) is 3.99. The summed E-state index contributed by atoms with van der Waals surface area (Å²) in [6.45, 7) is 0.657. The normalized spacial score (nSPS) is 10.7.